The molecular formula is C38H64N5O11P. The van der Waals surface area contributed by atoms with E-state index < -0.39 is 43.3 Å². The highest BCUT2D eigenvalue weighted by molar-refractivity contribution is 7.45. The number of esters is 1. The fourth-order valence-corrected chi connectivity index (χ4v) is 6.70. The van der Waals surface area contributed by atoms with Crippen LogP contribution in [0.3, 0.4) is 0 Å². The van der Waals surface area contributed by atoms with Crippen LogP contribution in [0.15, 0.2) is 28.9 Å². The van der Waals surface area contributed by atoms with Gasteiger partial charge in [0.1, 0.15) is 13.2 Å². The Kier molecular flexibility index (Phi) is 23.1. The van der Waals surface area contributed by atoms with Gasteiger partial charge in [-0.25, -0.2) is 4.63 Å². The summed E-state index contributed by atoms with van der Waals surface area (Å²) in [7, 11) is 0.600. The number of aliphatic hydroxyl groups excluding tert-OH is 1. The molecule has 0 spiro atoms. The molecule has 0 amide bonds. The number of phosphoric ester groups is 1. The molecule has 0 saturated carbocycles. The Balaban J connectivity index is 1.81. The number of non-ortho nitro benzene ring substituents is 1. The number of phosphoric acid groups is 1. The summed E-state index contributed by atoms with van der Waals surface area (Å²) in [6.07, 6.45) is 16.9. The number of carbonyl (C=O) groups is 2. The Labute approximate surface area is 325 Å². The molecule has 0 bridgehead atoms. The summed E-state index contributed by atoms with van der Waals surface area (Å²) in [6.45, 7) is 2.04. The van der Waals surface area contributed by atoms with Crippen LogP contribution in [0.25, 0.3) is 11.0 Å². The van der Waals surface area contributed by atoms with Gasteiger partial charge in [-0.1, -0.05) is 76.9 Å². The number of rotatable bonds is 33. The van der Waals surface area contributed by atoms with E-state index in [0.717, 1.165) is 38.5 Å². The maximum Gasteiger partial charge on any atom is 0.306 e. The number of nitrogens with one attached hydrogen (secondary N) is 1. The largest absolute Gasteiger partial charge is 0.756 e. The highest BCUT2D eigenvalue weighted by atomic mass is 31.2. The van der Waals surface area contributed by atoms with E-state index in [9.17, 15) is 34.3 Å². The van der Waals surface area contributed by atoms with Gasteiger partial charge in [-0.15, -0.1) is 0 Å². The van der Waals surface area contributed by atoms with Crippen LogP contribution in [0.4, 0.5) is 11.4 Å². The van der Waals surface area contributed by atoms with Crippen molar-refractivity contribution in [1.82, 2.24) is 10.3 Å². The second-order valence-electron chi connectivity index (χ2n) is 14.9. The summed E-state index contributed by atoms with van der Waals surface area (Å²) in [5, 5.41) is 31.8. The molecule has 2 unspecified atom stereocenters. The molecule has 16 nitrogen and oxygen atoms in total. The van der Waals surface area contributed by atoms with Crippen molar-refractivity contribution in [2.75, 3.05) is 52.8 Å². The lowest BCUT2D eigenvalue weighted by Crippen LogP contribution is -2.43. The monoisotopic (exact) mass is 797 g/mol. The standard InChI is InChI=1S/C38H64N5O11P/c1-5-6-7-8-9-10-11-12-13-14-15-16-17-18-20-23-33(45)38(53-55(49,50)51-29-28-43(2,3)4)34(30-44)52-35(46)24-21-19-22-27-39-31-25-26-32(42(47)48)37-36(31)40-54-41-37/h12-13,25-26,34,38,44H,5-11,14-24,27-30H2,1-4H3,(H-,39,41,49,50)/b13-12-/t34-,38?/m0/s1. The van der Waals surface area contributed by atoms with Gasteiger partial charge in [0, 0.05) is 25.5 Å². The van der Waals surface area contributed by atoms with Crippen molar-refractivity contribution in [2.45, 2.75) is 135 Å². The quantitative estimate of drug-likeness (QED) is 0.0139. The van der Waals surface area contributed by atoms with Crippen LogP contribution in [0.5, 0.6) is 0 Å². The van der Waals surface area contributed by atoms with Crippen LogP contribution < -0.4 is 10.2 Å². The number of hydrogen-bond acceptors (Lipinski definition) is 14. The minimum Gasteiger partial charge on any atom is -0.756 e. The van der Waals surface area contributed by atoms with Crippen LogP contribution in [-0.2, 0) is 27.9 Å². The average molecular weight is 798 g/mol. The van der Waals surface area contributed by atoms with Crippen LogP contribution in [-0.4, -0.2) is 96.2 Å². The number of hydrogen-bond donors (Lipinski definition) is 2. The molecule has 55 heavy (non-hydrogen) atoms. The predicted octanol–water partition coefficient (Wildman–Crippen LogP) is 7.19. The van der Waals surface area contributed by atoms with Crippen molar-refractivity contribution in [3.05, 3.63) is 34.4 Å². The summed E-state index contributed by atoms with van der Waals surface area (Å²) in [4.78, 5) is 49.5. The number of nitro groups is 1. The predicted molar refractivity (Wildman–Crippen MR) is 208 cm³/mol. The van der Waals surface area contributed by atoms with Gasteiger partial charge < -0.3 is 33.6 Å². The lowest BCUT2D eigenvalue weighted by Gasteiger charge is -2.32. The molecule has 1 aromatic carbocycles. The molecule has 0 aliphatic rings. The third-order valence-electron chi connectivity index (χ3n) is 9.02. The number of Topliss-reactive ketones (excluding diaryl/α,β-unsaturated/α-hetero) is 1. The smallest absolute Gasteiger partial charge is 0.306 e. The Morgan fingerprint density at radius 2 is 1.53 bits per heavy atom. The average Bonchev–Trinajstić information content (AvgIpc) is 3.62. The molecule has 3 atom stereocenters. The van der Waals surface area contributed by atoms with Crippen molar-refractivity contribution >= 4 is 42.0 Å². The lowest BCUT2D eigenvalue weighted by molar-refractivity contribution is -0.870. The first-order valence-corrected chi connectivity index (χ1v) is 21.3. The minimum atomic E-state index is -5.00. The number of anilines is 1. The third kappa shape index (κ3) is 20.5. The molecule has 2 N–H and O–H groups in total. The van der Waals surface area contributed by atoms with E-state index >= 15 is 0 Å². The Bertz CT molecular complexity index is 1500. The van der Waals surface area contributed by atoms with Crippen LogP contribution in [0.2, 0.25) is 0 Å². The number of unbranched alkanes of at least 4 members (excludes halogenated alkanes) is 13. The first kappa shape index (κ1) is 47.9. The number of carbonyl (C=O) groups excluding carboxylic acids is 2. The van der Waals surface area contributed by atoms with Crippen LogP contribution in [0.1, 0.15) is 122 Å². The normalized spacial score (nSPS) is 14.2. The third-order valence-corrected chi connectivity index (χ3v) is 10.0. The van der Waals surface area contributed by atoms with Crippen molar-refractivity contribution in [3.63, 3.8) is 0 Å². The number of aliphatic hydroxyl groups is 1. The van der Waals surface area contributed by atoms with Crippen LogP contribution >= 0.6 is 7.82 Å². The molecular weight excluding hydrogens is 733 g/mol. The zero-order chi connectivity index (χ0) is 40.5. The van der Waals surface area contributed by atoms with Gasteiger partial charge in [0.15, 0.2) is 23.5 Å². The summed E-state index contributed by atoms with van der Waals surface area (Å²) in [6, 6.07) is 2.83. The van der Waals surface area contributed by atoms with E-state index in [1.54, 1.807) is 0 Å². The fourth-order valence-electron chi connectivity index (χ4n) is 5.80. The first-order valence-electron chi connectivity index (χ1n) is 19.8. The Hall–Kier alpha value is -3.27. The topological polar surface area (TPSA) is 216 Å². The second-order valence-corrected chi connectivity index (χ2v) is 16.3. The van der Waals surface area contributed by atoms with Gasteiger partial charge in [-0.3, -0.25) is 24.3 Å². The number of aromatic nitrogens is 2. The molecule has 2 rings (SSSR count). The maximum absolute atomic E-state index is 13.3. The van der Waals surface area contributed by atoms with Crippen molar-refractivity contribution in [3.8, 4) is 0 Å². The molecule has 1 heterocycles. The summed E-state index contributed by atoms with van der Waals surface area (Å²) in [5.74, 6) is -1.31. The SMILES string of the molecule is CCCCCCCC/C=C\CCCCCCCC(=O)C(OP(=O)([O-])OCC[N+](C)(C)C)[C@H](CO)OC(=O)CCCCCNc1ccc([N+](=O)[O-])c2nonc12. The summed E-state index contributed by atoms with van der Waals surface area (Å²) >= 11 is 0. The van der Waals surface area contributed by atoms with Crippen LogP contribution in [0, 0.1) is 10.1 Å². The van der Waals surface area contributed by atoms with Crippen molar-refractivity contribution in [1.29, 1.82) is 0 Å². The molecule has 312 valence electrons. The molecule has 17 heteroatoms. The number of benzene rings is 1. The summed E-state index contributed by atoms with van der Waals surface area (Å²) < 4.78 is 33.5. The van der Waals surface area contributed by atoms with E-state index in [1.807, 2.05) is 21.1 Å². The van der Waals surface area contributed by atoms with Gasteiger partial charge in [-0.05, 0) is 61.3 Å². The Morgan fingerprint density at radius 1 is 0.927 bits per heavy atom. The van der Waals surface area contributed by atoms with E-state index in [0.29, 0.717) is 48.9 Å². The first-order chi connectivity index (χ1) is 26.3. The van der Waals surface area contributed by atoms with Crippen molar-refractivity contribution < 1.29 is 52.0 Å². The molecule has 0 aliphatic heterocycles. The number of likely N-dealkylation sites (N-methyl/N-ethyl adjacent to an activating group) is 1. The zero-order valence-corrected chi connectivity index (χ0v) is 34.2. The molecule has 1 aromatic heterocycles. The number of nitrogens with zero attached hydrogens (tertiary/aromatic N) is 4. The van der Waals surface area contributed by atoms with E-state index in [2.05, 4.69) is 39.3 Å². The van der Waals surface area contributed by atoms with Gasteiger partial charge in [0.25, 0.3) is 7.82 Å². The lowest BCUT2D eigenvalue weighted by atomic mass is 10.0. The highest BCUT2D eigenvalue weighted by Crippen LogP contribution is 2.41. The molecule has 0 aliphatic carbocycles. The number of ether oxygens (including phenoxy) is 1. The highest BCUT2D eigenvalue weighted by Gasteiger charge is 2.35. The molecule has 0 radical (unpaired) electrons. The van der Waals surface area contributed by atoms with Gasteiger partial charge in [-0.2, -0.15) is 0 Å². The van der Waals surface area contributed by atoms with Crippen molar-refractivity contribution in [2.24, 2.45) is 0 Å². The minimum absolute atomic E-state index is 0.00573. The van der Waals surface area contributed by atoms with Gasteiger partial charge >= 0.3 is 11.7 Å². The number of fused-ring (bicyclic) bond motifs is 1. The van der Waals surface area contributed by atoms with E-state index in [4.69, 9.17) is 13.8 Å². The van der Waals surface area contributed by atoms with Gasteiger partial charge in [0.2, 0.25) is 5.52 Å². The van der Waals surface area contributed by atoms with E-state index in [1.165, 1.54) is 50.7 Å². The molecule has 0 saturated heterocycles. The number of quaternary nitrogens is 1. The number of nitro benzene ring substituents is 1. The zero-order valence-electron chi connectivity index (χ0n) is 33.3. The fraction of sp³-hybridized carbons (Fsp3) is 0.737. The number of allylic oxidation sites excluding steroid dienone is 2. The Morgan fingerprint density at radius 3 is 2.16 bits per heavy atom. The van der Waals surface area contributed by atoms with E-state index in [-0.39, 0.29) is 36.2 Å². The maximum atomic E-state index is 13.3. The second kappa shape index (κ2) is 26.6. The number of ketones is 1. The van der Waals surface area contributed by atoms with Gasteiger partial charge in [0.05, 0.1) is 38.4 Å². The molecule has 2 aromatic rings. The molecule has 0 fully saturated rings. The summed E-state index contributed by atoms with van der Waals surface area (Å²) in [5.41, 5.74) is 0.567.